The van der Waals surface area contributed by atoms with E-state index in [4.69, 9.17) is 9.15 Å². The Kier molecular flexibility index (Phi) is 5.03. The van der Waals surface area contributed by atoms with Crippen LogP contribution in [0.4, 0.5) is 5.69 Å². The van der Waals surface area contributed by atoms with Crippen molar-refractivity contribution in [3.05, 3.63) is 76.5 Å². The zero-order chi connectivity index (χ0) is 21.4. The van der Waals surface area contributed by atoms with Crippen molar-refractivity contribution in [3.63, 3.8) is 0 Å². The molecule has 1 N–H and O–H groups in total. The Labute approximate surface area is 173 Å². The number of amides is 1. The molecule has 0 aliphatic carbocycles. The number of nitrogens with zero attached hydrogens (tertiary/aromatic N) is 1. The van der Waals surface area contributed by atoms with Crippen LogP contribution >= 0.6 is 0 Å². The summed E-state index contributed by atoms with van der Waals surface area (Å²) in [5.41, 5.74) is 3.96. The van der Waals surface area contributed by atoms with Gasteiger partial charge in [0.05, 0.1) is 24.3 Å². The number of carbonyl (C=O) groups is 3. The third-order valence-corrected chi connectivity index (χ3v) is 5.51. The van der Waals surface area contributed by atoms with Crippen LogP contribution in [0, 0.1) is 13.8 Å². The smallest absolute Gasteiger partial charge is 0.340 e. The van der Waals surface area contributed by atoms with Gasteiger partial charge in [0.25, 0.3) is 0 Å². The summed E-state index contributed by atoms with van der Waals surface area (Å²) >= 11 is 0. The third-order valence-electron chi connectivity index (χ3n) is 5.51. The molecule has 0 bridgehead atoms. The van der Waals surface area contributed by atoms with Crippen LogP contribution < -0.4 is 5.32 Å². The van der Waals surface area contributed by atoms with Gasteiger partial charge in [-0.1, -0.05) is 0 Å². The topological polar surface area (TPSA) is 90.5 Å². The number of Topliss-reactive ketones (excluding diaryl/α,β-unsaturated/α-hetero) is 1. The molecule has 3 heterocycles. The SMILES string of the molecule is Cc1cc(C(=O)OCC(=O)c2ccc3c(c2)[C@@H](C)C(=O)N3)c(C)n1Cc1ccco1. The summed E-state index contributed by atoms with van der Waals surface area (Å²) in [7, 11) is 0. The highest BCUT2D eigenvalue weighted by atomic mass is 16.5. The summed E-state index contributed by atoms with van der Waals surface area (Å²) in [5, 5.41) is 2.77. The van der Waals surface area contributed by atoms with E-state index in [0.29, 0.717) is 23.4 Å². The minimum atomic E-state index is -0.548. The molecule has 0 saturated carbocycles. The lowest BCUT2D eigenvalue weighted by Crippen LogP contribution is -2.15. The standard InChI is InChI=1S/C23H22N2O5/c1-13-9-19(15(3)25(13)11-17-5-4-8-29-17)23(28)30-12-21(26)16-6-7-20-18(10-16)14(2)22(27)24-20/h4-10,14H,11-12H2,1-3H3,(H,24,27)/t14-/m1/s1. The van der Waals surface area contributed by atoms with Crippen LogP contribution in [0.1, 0.15) is 56.3 Å². The van der Waals surface area contributed by atoms with Gasteiger partial charge < -0.3 is 19.0 Å². The Bertz CT molecular complexity index is 1140. The number of nitrogens with one attached hydrogen (secondary N) is 1. The number of benzene rings is 1. The lowest BCUT2D eigenvalue weighted by Gasteiger charge is -2.09. The van der Waals surface area contributed by atoms with Gasteiger partial charge in [0.1, 0.15) is 5.76 Å². The number of ether oxygens (including phenoxy) is 1. The molecule has 1 amide bonds. The summed E-state index contributed by atoms with van der Waals surface area (Å²) in [4.78, 5) is 36.9. The molecule has 0 fully saturated rings. The molecule has 30 heavy (non-hydrogen) atoms. The highest BCUT2D eigenvalue weighted by Gasteiger charge is 2.27. The molecular weight excluding hydrogens is 384 g/mol. The Hall–Kier alpha value is -3.61. The molecule has 1 aliphatic heterocycles. The Morgan fingerprint density at radius 1 is 1.20 bits per heavy atom. The first-order valence-electron chi connectivity index (χ1n) is 9.69. The monoisotopic (exact) mass is 406 g/mol. The minimum Gasteiger partial charge on any atom is -0.467 e. The van der Waals surface area contributed by atoms with E-state index in [1.165, 1.54) is 0 Å². The maximum absolute atomic E-state index is 12.6. The summed E-state index contributed by atoms with van der Waals surface area (Å²) in [6.45, 7) is 5.67. The van der Waals surface area contributed by atoms with Crippen LogP contribution in [-0.4, -0.2) is 28.8 Å². The normalized spacial score (nSPS) is 15.0. The molecule has 3 aromatic rings. The number of aromatic nitrogens is 1. The van der Waals surface area contributed by atoms with Crippen LogP contribution in [0.2, 0.25) is 0 Å². The molecular formula is C23H22N2O5. The van der Waals surface area contributed by atoms with Crippen molar-refractivity contribution >= 4 is 23.3 Å². The minimum absolute atomic E-state index is 0.0917. The second-order valence-corrected chi connectivity index (χ2v) is 7.46. The highest BCUT2D eigenvalue weighted by Crippen LogP contribution is 2.32. The quantitative estimate of drug-likeness (QED) is 0.496. The first-order chi connectivity index (χ1) is 14.3. The van der Waals surface area contributed by atoms with E-state index < -0.39 is 5.97 Å². The van der Waals surface area contributed by atoms with Crippen molar-refractivity contribution in [3.8, 4) is 0 Å². The fraction of sp³-hybridized carbons (Fsp3) is 0.261. The average molecular weight is 406 g/mol. The number of anilines is 1. The number of rotatable bonds is 6. The Morgan fingerprint density at radius 2 is 2.00 bits per heavy atom. The second kappa shape index (κ2) is 7.67. The fourth-order valence-corrected chi connectivity index (χ4v) is 3.69. The van der Waals surface area contributed by atoms with Gasteiger partial charge in [-0.2, -0.15) is 0 Å². The molecule has 154 valence electrons. The first-order valence-corrected chi connectivity index (χ1v) is 9.69. The van der Waals surface area contributed by atoms with Crippen molar-refractivity contribution < 1.29 is 23.5 Å². The predicted molar refractivity (Wildman–Crippen MR) is 110 cm³/mol. The number of fused-ring (bicyclic) bond motifs is 1. The van der Waals surface area contributed by atoms with Crippen LogP contribution in [0.25, 0.3) is 0 Å². The predicted octanol–water partition coefficient (Wildman–Crippen LogP) is 3.84. The van der Waals surface area contributed by atoms with Gasteiger partial charge in [0.15, 0.2) is 12.4 Å². The van der Waals surface area contributed by atoms with Crippen molar-refractivity contribution in [2.24, 2.45) is 0 Å². The summed E-state index contributed by atoms with van der Waals surface area (Å²) in [6.07, 6.45) is 1.61. The third kappa shape index (κ3) is 3.54. The number of carbonyl (C=O) groups excluding carboxylic acids is 3. The van der Waals surface area contributed by atoms with Gasteiger partial charge in [-0.3, -0.25) is 9.59 Å². The van der Waals surface area contributed by atoms with E-state index in [9.17, 15) is 14.4 Å². The van der Waals surface area contributed by atoms with E-state index in [1.54, 1.807) is 37.5 Å². The van der Waals surface area contributed by atoms with Gasteiger partial charge >= 0.3 is 5.97 Å². The van der Waals surface area contributed by atoms with Gasteiger partial charge in [0.2, 0.25) is 5.91 Å². The zero-order valence-electron chi connectivity index (χ0n) is 17.0. The van der Waals surface area contributed by atoms with E-state index in [-0.39, 0.29) is 24.2 Å². The maximum atomic E-state index is 12.6. The Balaban J connectivity index is 1.44. The average Bonchev–Trinajstić information content (AvgIpc) is 3.42. The van der Waals surface area contributed by atoms with Crippen LogP contribution in [0.15, 0.2) is 47.1 Å². The van der Waals surface area contributed by atoms with Crippen LogP contribution in [0.5, 0.6) is 0 Å². The van der Waals surface area contributed by atoms with Gasteiger partial charge in [-0.15, -0.1) is 0 Å². The van der Waals surface area contributed by atoms with E-state index in [0.717, 1.165) is 22.7 Å². The van der Waals surface area contributed by atoms with Crippen molar-refractivity contribution in [1.82, 2.24) is 4.57 Å². The van der Waals surface area contributed by atoms with Gasteiger partial charge in [0, 0.05) is 22.6 Å². The number of furan rings is 1. The summed E-state index contributed by atoms with van der Waals surface area (Å²) in [5.74, 6) is -0.484. The zero-order valence-corrected chi connectivity index (χ0v) is 17.0. The number of esters is 1. The molecule has 7 nitrogen and oxygen atoms in total. The number of aryl methyl sites for hydroxylation is 1. The second-order valence-electron chi connectivity index (χ2n) is 7.46. The number of hydrogen-bond donors (Lipinski definition) is 1. The number of ketones is 1. The molecule has 7 heteroatoms. The first kappa shape index (κ1) is 19.7. The molecule has 0 radical (unpaired) electrons. The lowest BCUT2D eigenvalue weighted by atomic mass is 9.99. The maximum Gasteiger partial charge on any atom is 0.340 e. The lowest BCUT2D eigenvalue weighted by molar-refractivity contribution is -0.116. The van der Waals surface area contributed by atoms with E-state index >= 15 is 0 Å². The fourth-order valence-electron chi connectivity index (χ4n) is 3.69. The molecule has 4 rings (SSSR count). The largest absolute Gasteiger partial charge is 0.467 e. The molecule has 1 aliphatic rings. The number of hydrogen-bond acceptors (Lipinski definition) is 5. The molecule has 1 aromatic carbocycles. The van der Waals surface area contributed by atoms with E-state index in [1.807, 2.05) is 30.5 Å². The molecule has 0 spiro atoms. The van der Waals surface area contributed by atoms with Crippen LogP contribution in [0.3, 0.4) is 0 Å². The van der Waals surface area contributed by atoms with Gasteiger partial charge in [-0.05, 0) is 62.7 Å². The van der Waals surface area contributed by atoms with Crippen molar-refractivity contribution in [2.45, 2.75) is 33.2 Å². The van der Waals surface area contributed by atoms with Crippen molar-refractivity contribution in [1.29, 1.82) is 0 Å². The van der Waals surface area contributed by atoms with Gasteiger partial charge in [-0.25, -0.2) is 4.79 Å². The molecule has 0 saturated heterocycles. The summed E-state index contributed by atoms with van der Waals surface area (Å²) < 4.78 is 12.6. The van der Waals surface area contributed by atoms with E-state index in [2.05, 4.69) is 5.32 Å². The van der Waals surface area contributed by atoms with Crippen molar-refractivity contribution in [2.75, 3.05) is 11.9 Å². The van der Waals surface area contributed by atoms with Crippen LogP contribution in [-0.2, 0) is 16.1 Å². The molecule has 2 aromatic heterocycles. The highest BCUT2D eigenvalue weighted by molar-refractivity contribution is 6.05. The summed E-state index contributed by atoms with van der Waals surface area (Å²) in [6, 6.07) is 10.4. The molecule has 0 unspecified atom stereocenters. The molecule has 1 atom stereocenters. The Morgan fingerprint density at radius 3 is 2.73 bits per heavy atom.